The highest BCUT2D eigenvalue weighted by Gasteiger charge is 2.28. The molecule has 2 aromatic rings. The van der Waals surface area contributed by atoms with Crippen LogP contribution in [0.4, 0.5) is 0 Å². The molecule has 0 bridgehead atoms. The minimum absolute atomic E-state index is 0.402. The van der Waals surface area contributed by atoms with Gasteiger partial charge in [0.1, 0.15) is 0 Å². The Morgan fingerprint density at radius 3 is 1.91 bits per heavy atom. The van der Waals surface area contributed by atoms with Crippen LogP contribution in [0.25, 0.3) is 0 Å². The molecule has 0 saturated carbocycles. The number of rotatable bonds is 8. The Bertz CT molecular complexity index is 524. The Kier molecular flexibility index (Phi) is 6.24. The second-order valence-electron chi connectivity index (χ2n) is 7.15. The van der Waals surface area contributed by atoms with Crippen molar-refractivity contribution in [2.75, 3.05) is 0 Å². The summed E-state index contributed by atoms with van der Waals surface area (Å²) in [4.78, 5) is 0. The van der Waals surface area contributed by atoms with Crippen molar-refractivity contribution in [2.45, 2.75) is 52.9 Å². The van der Waals surface area contributed by atoms with E-state index in [1.807, 2.05) is 0 Å². The van der Waals surface area contributed by atoms with E-state index in [4.69, 9.17) is 0 Å². The molecule has 2 rings (SSSR count). The van der Waals surface area contributed by atoms with Gasteiger partial charge in [0.2, 0.25) is 0 Å². The maximum Gasteiger partial charge on any atom is -0.0245 e. The highest BCUT2D eigenvalue weighted by atomic mass is 14.3. The third kappa shape index (κ3) is 5.02. The lowest BCUT2D eigenvalue weighted by Crippen LogP contribution is -2.26. The fraction of sp³-hybridized carbons (Fsp3) is 0.455. The van der Waals surface area contributed by atoms with Gasteiger partial charge in [-0.05, 0) is 48.1 Å². The smallest absolute Gasteiger partial charge is 0.0245 e. The lowest BCUT2D eigenvalue weighted by Gasteiger charge is -2.35. The van der Waals surface area contributed by atoms with Crippen LogP contribution in [0.15, 0.2) is 60.7 Å². The van der Waals surface area contributed by atoms with Crippen LogP contribution in [0.5, 0.6) is 0 Å². The second-order valence-corrected chi connectivity index (χ2v) is 7.15. The van der Waals surface area contributed by atoms with E-state index in [-0.39, 0.29) is 0 Å². The summed E-state index contributed by atoms with van der Waals surface area (Å²) in [6, 6.07) is 21.9. The average Bonchev–Trinajstić information content (AvgIpc) is 2.53. The van der Waals surface area contributed by atoms with E-state index in [2.05, 4.69) is 81.4 Å². The molecule has 0 nitrogen and oxygen atoms in total. The maximum absolute atomic E-state index is 2.45. The molecular formula is C22H30. The van der Waals surface area contributed by atoms with Crippen molar-refractivity contribution in [2.24, 2.45) is 11.3 Å². The summed E-state index contributed by atoms with van der Waals surface area (Å²) in [5.74, 6) is 0.732. The van der Waals surface area contributed by atoms with Crippen molar-refractivity contribution in [3.05, 3.63) is 71.8 Å². The largest absolute Gasteiger partial charge is 0.0654 e. The predicted molar refractivity (Wildman–Crippen MR) is 97.1 cm³/mol. The van der Waals surface area contributed by atoms with E-state index in [1.54, 1.807) is 0 Å². The van der Waals surface area contributed by atoms with Gasteiger partial charge < -0.3 is 0 Å². The van der Waals surface area contributed by atoms with E-state index >= 15 is 0 Å². The Morgan fingerprint density at radius 1 is 0.818 bits per heavy atom. The molecule has 0 aromatic heterocycles. The fourth-order valence-corrected chi connectivity index (χ4v) is 3.50. The maximum atomic E-state index is 2.45. The Hall–Kier alpha value is -1.56. The Morgan fingerprint density at radius 2 is 1.36 bits per heavy atom. The van der Waals surface area contributed by atoms with Gasteiger partial charge in [0.05, 0.1) is 0 Å². The molecule has 1 atom stereocenters. The molecule has 0 N–H and O–H groups in total. The lowest BCUT2D eigenvalue weighted by molar-refractivity contribution is 0.180. The zero-order valence-corrected chi connectivity index (χ0v) is 14.4. The summed E-state index contributed by atoms with van der Waals surface area (Å²) in [7, 11) is 0. The van der Waals surface area contributed by atoms with Crippen molar-refractivity contribution in [1.29, 1.82) is 0 Å². The summed E-state index contributed by atoms with van der Waals surface area (Å²) in [5.41, 5.74) is 3.34. The summed E-state index contributed by atoms with van der Waals surface area (Å²) in [6.07, 6.45) is 6.22. The van der Waals surface area contributed by atoms with Crippen LogP contribution in [0.1, 0.15) is 51.2 Å². The zero-order valence-electron chi connectivity index (χ0n) is 14.4. The number of benzene rings is 2. The van der Waals surface area contributed by atoms with E-state index in [0.717, 1.165) is 5.92 Å². The van der Waals surface area contributed by atoms with Crippen LogP contribution < -0.4 is 0 Å². The standard InChI is InChI=1S/C22H30/c1-4-17-22(2,3)21(18-20-13-9-6-10-14-20)16-15-19-11-7-5-8-12-19/h5-14,21H,4,15-18H2,1-3H3. The van der Waals surface area contributed by atoms with Gasteiger partial charge >= 0.3 is 0 Å². The molecule has 0 radical (unpaired) electrons. The molecule has 22 heavy (non-hydrogen) atoms. The van der Waals surface area contributed by atoms with Crippen LogP contribution in [-0.4, -0.2) is 0 Å². The van der Waals surface area contributed by atoms with Crippen molar-refractivity contribution in [3.8, 4) is 0 Å². The molecule has 0 heterocycles. The van der Waals surface area contributed by atoms with Crippen molar-refractivity contribution in [3.63, 3.8) is 0 Å². The Labute approximate surface area is 136 Å². The minimum Gasteiger partial charge on any atom is -0.0654 e. The number of aryl methyl sites for hydroxylation is 1. The van der Waals surface area contributed by atoms with Crippen molar-refractivity contribution in [1.82, 2.24) is 0 Å². The Balaban J connectivity index is 2.07. The molecule has 2 aromatic carbocycles. The quantitative estimate of drug-likeness (QED) is 0.535. The van der Waals surface area contributed by atoms with E-state index in [0.29, 0.717) is 5.41 Å². The summed E-state index contributed by atoms with van der Waals surface area (Å²) in [6.45, 7) is 7.21. The first kappa shape index (κ1) is 16.8. The molecule has 118 valence electrons. The van der Waals surface area contributed by atoms with E-state index in [9.17, 15) is 0 Å². The van der Waals surface area contributed by atoms with Gasteiger partial charge in [-0.15, -0.1) is 0 Å². The van der Waals surface area contributed by atoms with E-state index in [1.165, 1.54) is 43.2 Å². The molecule has 1 unspecified atom stereocenters. The van der Waals surface area contributed by atoms with Crippen molar-refractivity contribution >= 4 is 0 Å². The summed E-state index contributed by atoms with van der Waals surface area (Å²) >= 11 is 0. The highest BCUT2D eigenvalue weighted by Crippen LogP contribution is 2.37. The van der Waals surface area contributed by atoms with Crippen LogP contribution in [0.3, 0.4) is 0 Å². The first-order valence-corrected chi connectivity index (χ1v) is 8.69. The van der Waals surface area contributed by atoms with Crippen LogP contribution >= 0.6 is 0 Å². The monoisotopic (exact) mass is 294 g/mol. The van der Waals surface area contributed by atoms with Crippen LogP contribution in [-0.2, 0) is 12.8 Å². The molecule has 0 fully saturated rings. The molecule has 0 aliphatic rings. The molecule has 0 spiro atoms. The van der Waals surface area contributed by atoms with Gasteiger partial charge in [-0.1, -0.05) is 87.9 Å². The highest BCUT2D eigenvalue weighted by molar-refractivity contribution is 5.17. The first-order chi connectivity index (χ1) is 10.6. The fourth-order valence-electron chi connectivity index (χ4n) is 3.50. The molecule has 0 saturated heterocycles. The molecule has 0 amide bonds. The third-order valence-electron chi connectivity index (χ3n) is 4.95. The van der Waals surface area contributed by atoms with Gasteiger partial charge in [-0.3, -0.25) is 0 Å². The van der Waals surface area contributed by atoms with Crippen molar-refractivity contribution < 1.29 is 0 Å². The second kappa shape index (κ2) is 8.17. The average molecular weight is 294 g/mol. The van der Waals surface area contributed by atoms with Gasteiger partial charge in [-0.2, -0.15) is 0 Å². The summed E-state index contributed by atoms with van der Waals surface area (Å²) < 4.78 is 0. The molecule has 0 aliphatic heterocycles. The third-order valence-corrected chi connectivity index (χ3v) is 4.95. The predicted octanol–water partition coefficient (Wildman–Crippen LogP) is 6.30. The van der Waals surface area contributed by atoms with E-state index < -0.39 is 0 Å². The normalized spacial score (nSPS) is 13.0. The minimum atomic E-state index is 0.402. The van der Waals surface area contributed by atoms with Crippen LogP contribution in [0.2, 0.25) is 0 Å². The van der Waals surface area contributed by atoms with Crippen LogP contribution in [0, 0.1) is 11.3 Å². The van der Waals surface area contributed by atoms with Gasteiger partial charge in [-0.25, -0.2) is 0 Å². The molecular weight excluding hydrogens is 264 g/mol. The summed E-state index contributed by atoms with van der Waals surface area (Å²) in [5, 5.41) is 0. The topological polar surface area (TPSA) is 0 Å². The lowest BCUT2D eigenvalue weighted by atomic mass is 9.70. The SMILES string of the molecule is CCCC(C)(C)C(CCc1ccccc1)Cc1ccccc1. The van der Waals surface area contributed by atoms with Gasteiger partial charge in [0.15, 0.2) is 0 Å². The molecule has 0 heteroatoms. The van der Waals surface area contributed by atoms with Gasteiger partial charge in [0.25, 0.3) is 0 Å². The zero-order chi connectivity index (χ0) is 15.8. The molecule has 0 aliphatic carbocycles. The van der Waals surface area contributed by atoms with Gasteiger partial charge in [0, 0.05) is 0 Å². The number of hydrogen-bond acceptors (Lipinski definition) is 0. The number of hydrogen-bond donors (Lipinski definition) is 0. The first-order valence-electron chi connectivity index (χ1n) is 8.69.